The van der Waals surface area contributed by atoms with Gasteiger partial charge in [0.1, 0.15) is 0 Å². The van der Waals surface area contributed by atoms with E-state index >= 15 is 0 Å². The zero-order chi connectivity index (χ0) is 20.7. The van der Waals surface area contributed by atoms with Gasteiger partial charge < -0.3 is 10.2 Å². The number of fused-ring (bicyclic) bond motifs is 1. The summed E-state index contributed by atoms with van der Waals surface area (Å²) >= 11 is 0. The number of likely N-dealkylation sites (tertiary alicyclic amines) is 1. The molecule has 2 saturated heterocycles. The van der Waals surface area contributed by atoms with Gasteiger partial charge in [-0.15, -0.1) is 0 Å². The van der Waals surface area contributed by atoms with Gasteiger partial charge in [-0.2, -0.15) is 0 Å². The van der Waals surface area contributed by atoms with Gasteiger partial charge in [0.15, 0.2) is 5.82 Å². The molecule has 0 unspecified atom stereocenters. The summed E-state index contributed by atoms with van der Waals surface area (Å²) in [5.74, 6) is -2.24. The van der Waals surface area contributed by atoms with Gasteiger partial charge in [0, 0.05) is 74.8 Å². The lowest BCUT2D eigenvalue weighted by atomic mass is 10.0. The molecule has 3 aliphatic heterocycles. The Hall–Kier alpha value is -2.52. The van der Waals surface area contributed by atoms with Gasteiger partial charge in [-0.1, -0.05) is 0 Å². The Kier molecular flexibility index (Phi) is 4.94. The second kappa shape index (κ2) is 7.63. The summed E-state index contributed by atoms with van der Waals surface area (Å²) in [6.07, 6.45) is 6.58. The Bertz CT molecular complexity index is 940. The number of amides is 1. The maximum atomic E-state index is 13.4. The van der Waals surface area contributed by atoms with Crippen LogP contribution in [-0.2, 0) is 17.8 Å². The molecule has 0 bridgehead atoms. The van der Waals surface area contributed by atoms with E-state index in [0.29, 0.717) is 18.8 Å². The molecule has 3 aliphatic rings. The molecule has 1 amide bonds. The third kappa shape index (κ3) is 3.79. The van der Waals surface area contributed by atoms with Crippen LogP contribution in [0.5, 0.6) is 0 Å². The van der Waals surface area contributed by atoms with Gasteiger partial charge in [-0.05, 0) is 18.6 Å². The first kappa shape index (κ1) is 19.4. The summed E-state index contributed by atoms with van der Waals surface area (Å²) in [7, 11) is 0. The number of hydrogen-bond donors (Lipinski definition) is 1. The number of nitrogens with zero attached hydrogens (tertiary/aromatic N) is 5. The molecule has 0 aromatic carbocycles. The summed E-state index contributed by atoms with van der Waals surface area (Å²) in [5.41, 5.74) is 3.11. The third-order valence-corrected chi connectivity index (χ3v) is 6.31. The maximum Gasteiger partial charge on any atom is 0.267 e. The number of nitrogens with one attached hydrogen (secondary N) is 1. The van der Waals surface area contributed by atoms with Crippen LogP contribution >= 0.6 is 0 Å². The summed E-state index contributed by atoms with van der Waals surface area (Å²) in [5, 5.41) is 3.25. The van der Waals surface area contributed by atoms with E-state index in [0.717, 1.165) is 36.3 Å². The molecule has 1 N–H and O–H groups in total. The highest BCUT2D eigenvalue weighted by Crippen LogP contribution is 2.29. The standard InChI is InChI=1S/C21H24F2N6O/c22-21(23)4-8-29(13-21)20(30)18-9-16(11-25-18)28-7-3-17-15(12-28)10-26-19(27-17)14-1-5-24-6-2-14/h1-2,5-6,10,16,18,25H,3-4,7-9,11-13H2/t16-,18-/m0/s1. The molecule has 2 aromatic rings. The number of alkyl halides is 2. The number of pyridine rings is 1. The molecule has 158 valence electrons. The Balaban J connectivity index is 1.22. The molecule has 0 saturated carbocycles. The second-order valence-electron chi connectivity index (χ2n) is 8.34. The monoisotopic (exact) mass is 414 g/mol. The van der Waals surface area contributed by atoms with Gasteiger partial charge in [0.2, 0.25) is 5.91 Å². The average Bonchev–Trinajstić information content (AvgIpc) is 3.40. The molecule has 5 rings (SSSR count). The van der Waals surface area contributed by atoms with Crippen LogP contribution in [0, 0.1) is 0 Å². The van der Waals surface area contributed by atoms with Crippen LogP contribution in [0.4, 0.5) is 8.78 Å². The number of carbonyl (C=O) groups is 1. The molecule has 2 aromatic heterocycles. The van der Waals surface area contributed by atoms with E-state index in [1.807, 2.05) is 18.3 Å². The molecule has 0 spiro atoms. The minimum Gasteiger partial charge on any atom is -0.335 e. The highest BCUT2D eigenvalue weighted by molar-refractivity contribution is 5.82. The molecule has 2 fully saturated rings. The van der Waals surface area contributed by atoms with Crippen LogP contribution in [0.2, 0.25) is 0 Å². The Labute approximate surface area is 173 Å². The first-order valence-electron chi connectivity index (χ1n) is 10.4. The Morgan fingerprint density at radius 3 is 2.83 bits per heavy atom. The molecule has 2 atom stereocenters. The fourth-order valence-electron chi connectivity index (χ4n) is 4.62. The molecular weight excluding hydrogens is 390 g/mol. The van der Waals surface area contributed by atoms with Crippen LogP contribution < -0.4 is 5.32 Å². The smallest absolute Gasteiger partial charge is 0.267 e. The number of hydrogen-bond acceptors (Lipinski definition) is 6. The van der Waals surface area contributed by atoms with Gasteiger partial charge in [0.25, 0.3) is 5.92 Å². The van der Waals surface area contributed by atoms with Crippen molar-refractivity contribution in [3.8, 4) is 11.4 Å². The maximum absolute atomic E-state index is 13.4. The molecule has 7 nitrogen and oxygen atoms in total. The van der Waals surface area contributed by atoms with Crippen LogP contribution in [0.3, 0.4) is 0 Å². The van der Waals surface area contributed by atoms with Crippen LogP contribution in [-0.4, -0.2) is 74.8 Å². The SMILES string of the molecule is O=C([C@@H]1C[C@H](N2CCc3nc(-c4ccncc4)ncc3C2)CN1)N1CCC(F)(F)C1. The van der Waals surface area contributed by atoms with Crippen molar-refractivity contribution in [3.05, 3.63) is 42.0 Å². The Morgan fingerprint density at radius 1 is 1.23 bits per heavy atom. The van der Waals surface area contributed by atoms with Crippen molar-refractivity contribution in [3.63, 3.8) is 0 Å². The van der Waals surface area contributed by atoms with E-state index in [4.69, 9.17) is 4.98 Å². The quantitative estimate of drug-likeness (QED) is 0.821. The highest BCUT2D eigenvalue weighted by Gasteiger charge is 2.43. The topological polar surface area (TPSA) is 74.2 Å². The largest absolute Gasteiger partial charge is 0.335 e. The average molecular weight is 414 g/mol. The molecule has 0 radical (unpaired) electrons. The van der Waals surface area contributed by atoms with Crippen LogP contribution in [0.15, 0.2) is 30.7 Å². The van der Waals surface area contributed by atoms with E-state index in [2.05, 4.69) is 20.2 Å². The van der Waals surface area contributed by atoms with E-state index < -0.39 is 12.5 Å². The van der Waals surface area contributed by atoms with Crippen LogP contribution in [0.25, 0.3) is 11.4 Å². The zero-order valence-corrected chi connectivity index (χ0v) is 16.6. The summed E-state index contributed by atoms with van der Waals surface area (Å²) in [4.78, 5) is 29.6. The first-order valence-corrected chi connectivity index (χ1v) is 10.4. The van der Waals surface area contributed by atoms with Crippen molar-refractivity contribution in [2.45, 2.75) is 43.8 Å². The minimum absolute atomic E-state index is 0.142. The van der Waals surface area contributed by atoms with Crippen molar-refractivity contribution in [2.75, 3.05) is 26.2 Å². The van der Waals surface area contributed by atoms with Crippen molar-refractivity contribution < 1.29 is 13.6 Å². The fraction of sp³-hybridized carbons (Fsp3) is 0.524. The highest BCUT2D eigenvalue weighted by atomic mass is 19.3. The summed E-state index contributed by atoms with van der Waals surface area (Å²) in [6, 6.07) is 3.62. The van der Waals surface area contributed by atoms with Gasteiger partial charge in [-0.25, -0.2) is 18.7 Å². The lowest BCUT2D eigenvalue weighted by Crippen LogP contribution is -2.43. The molecule has 9 heteroatoms. The van der Waals surface area contributed by atoms with Crippen LogP contribution in [0.1, 0.15) is 24.1 Å². The number of halogens is 2. The van der Waals surface area contributed by atoms with Crippen molar-refractivity contribution in [1.29, 1.82) is 0 Å². The predicted molar refractivity (Wildman–Crippen MR) is 106 cm³/mol. The molecule has 30 heavy (non-hydrogen) atoms. The van der Waals surface area contributed by atoms with Gasteiger partial charge >= 0.3 is 0 Å². The normalized spacial score (nSPS) is 26.0. The number of aromatic nitrogens is 3. The Morgan fingerprint density at radius 2 is 2.07 bits per heavy atom. The first-order chi connectivity index (χ1) is 14.5. The predicted octanol–water partition coefficient (Wildman–Crippen LogP) is 1.49. The van der Waals surface area contributed by atoms with E-state index in [-0.39, 0.29) is 31.0 Å². The summed E-state index contributed by atoms with van der Waals surface area (Å²) in [6.45, 7) is 1.97. The van der Waals surface area contributed by atoms with Gasteiger partial charge in [-0.3, -0.25) is 14.7 Å². The number of carbonyl (C=O) groups excluding carboxylic acids is 1. The van der Waals surface area contributed by atoms with E-state index in [1.54, 1.807) is 12.4 Å². The molecule has 5 heterocycles. The van der Waals surface area contributed by atoms with Gasteiger partial charge in [0.05, 0.1) is 18.3 Å². The molecular formula is C21H24F2N6O. The van der Waals surface area contributed by atoms with E-state index in [1.165, 1.54) is 4.90 Å². The van der Waals surface area contributed by atoms with E-state index in [9.17, 15) is 13.6 Å². The van der Waals surface area contributed by atoms with Crippen molar-refractivity contribution in [2.24, 2.45) is 0 Å². The third-order valence-electron chi connectivity index (χ3n) is 6.31. The molecule has 0 aliphatic carbocycles. The second-order valence-corrected chi connectivity index (χ2v) is 8.34. The lowest BCUT2D eigenvalue weighted by molar-refractivity contribution is -0.133. The number of rotatable bonds is 3. The minimum atomic E-state index is -2.75. The fourth-order valence-corrected chi connectivity index (χ4v) is 4.62. The van der Waals surface area contributed by atoms with Crippen molar-refractivity contribution in [1.82, 2.24) is 30.1 Å². The summed E-state index contributed by atoms with van der Waals surface area (Å²) < 4.78 is 26.9. The van der Waals surface area contributed by atoms with Crippen molar-refractivity contribution >= 4 is 5.91 Å². The zero-order valence-electron chi connectivity index (χ0n) is 16.6. The lowest BCUT2D eigenvalue weighted by Gasteiger charge is -2.32.